The fourth-order valence-electron chi connectivity index (χ4n) is 2.51. The molecule has 0 fully saturated rings. The first-order valence-electron chi connectivity index (χ1n) is 9.09. The lowest BCUT2D eigenvalue weighted by Crippen LogP contribution is -2.14. The maximum Gasteiger partial charge on any atom is 0.344 e. The van der Waals surface area contributed by atoms with E-state index in [-0.39, 0.29) is 12.6 Å². The number of esters is 1. The molecule has 0 spiro atoms. The van der Waals surface area contributed by atoms with Crippen molar-refractivity contribution < 1.29 is 14.3 Å². The summed E-state index contributed by atoms with van der Waals surface area (Å²) < 4.78 is 10.3. The Morgan fingerprint density at radius 3 is 2.46 bits per heavy atom. The van der Waals surface area contributed by atoms with Gasteiger partial charge in [0.05, 0.1) is 12.3 Å². The smallest absolute Gasteiger partial charge is 0.344 e. The van der Waals surface area contributed by atoms with E-state index in [9.17, 15) is 4.79 Å². The van der Waals surface area contributed by atoms with Crippen molar-refractivity contribution in [3.05, 3.63) is 64.7 Å². The topological polar surface area (TPSA) is 48.4 Å². The molecule has 0 radical (unpaired) electrons. The number of thiazole rings is 1. The van der Waals surface area contributed by atoms with Crippen molar-refractivity contribution in [1.82, 2.24) is 4.98 Å². The zero-order valence-electron chi connectivity index (χ0n) is 16.2. The summed E-state index contributed by atoms with van der Waals surface area (Å²) in [5.74, 6) is 1.18. The monoisotopic (exact) mass is 413 g/mol. The summed E-state index contributed by atoms with van der Waals surface area (Å²) in [6.45, 7) is 6.23. The second kappa shape index (κ2) is 9.75. The van der Waals surface area contributed by atoms with Crippen molar-refractivity contribution in [2.75, 3.05) is 13.2 Å². The number of nitrogens with zero attached hydrogens (tertiary/aromatic N) is 1. The van der Waals surface area contributed by atoms with Gasteiger partial charge in [-0.3, -0.25) is 0 Å². The molecule has 6 heteroatoms. The van der Waals surface area contributed by atoms with Crippen LogP contribution in [-0.2, 0) is 15.3 Å². The Labute approximate surface area is 173 Å². The summed E-state index contributed by atoms with van der Waals surface area (Å²) in [5.41, 5.74) is 3.50. The third-order valence-corrected chi connectivity index (χ3v) is 6.47. The van der Waals surface area contributed by atoms with Gasteiger partial charge in [-0.2, -0.15) is 0 Å². The predicted octanol–water partition coefficient (Wildman–Crippen LogP) is 5.66. The van der Waals surface area contributed by atoms with Crippen LogP contribution in [-0.4, -0.2) is 24.2 Å². The van der Waals surface area contributed by atoms with Gasteiger partial charge in [0.15, 0.2) is 6.61 Å². The Morgan fingerprint density at radius 1 is 1.07 bits per heavy atom. The van der Waals surface area contributed by atoms with Crippen molar-refractivity contribution in [1.29, 1.82) is 0 Å². The van der Waals surface area contributed by atoms with Gasteiger partial charge in [-0.1, -0.05) is 29.8 Å². The first-order valence-corrected chi connectivity index (χ1v) is 10.9. The summed E-state index contributed by atoms with van der Waals surface area (Å²) >= 11 is 3.51. The molecular formula is C22H23NO3S2. The molecule has 0 atom stereocenters. The van der Waals surface area contributed by atoms with Crippen LogP contribution in [0.15, 0.2) is 53.4 Å². The predicted molar refractivity (Wildman–Crippen MR) is 115 cm³/mol. The highest BCUT2D eigenvalue weighted by molar-refractivity contribution is 7.98. The van der Waals surface area contributed by atoms with Crippen LogP contribution >= 0.6 is 23.1 Å². The second-order valence-electron chi connectivity index (χ2n) is 6.25. The van der Waals surface area contributed by atoms with Crippen molar-refractivity contribution in [3.63, 3.8) is 0 Å². The highest BCUT2D eigenvalue weighted by Gasteiger charge is 2.10. The van der Waals surface area contributed by atoms with E-state index in [4.69, 9.17) is 14.5 Å². The zero-order chi connectivity index (χ0) is 19.9. The fraction of sp³-hybridized carbons (Fsp3) is 0.273. The molecule has 0 saturated heterocycles. The minimum Gasteiger partial charge on any atom is -0.482 e. The lowest BCUT2D eigenvalue weighted by atomic mass is 10.2. The normalized spacial score (nSPS) is 10.7. The summed E-state index contributed by atoms with van der Waals surface area (Å²) in [4.78, 5) is 18.5. The van der Waals surface area contributed by atoms with Crippen LogP contribution in [0.5, 0.6) is 5.75 Å². The molecule has 4 nitrogen and oxygen atoms in total. The van der Waals surface area contributed by atoms with Gasteiger partial charge in [0.25, 0.3) is 0 Å². The number of hydrogen-bond acceptors (Lipinski definition) is 6. The number of carbonyl (C=O) groups excluding carboxylic acids is 1. The maximum atomic E-state index is 11.3. The molecule has 0 unspecified atom stereocenters. The van der Waals surface area contributed by atoms with Crippen molar-refractivity contribution >= 4 is 29.1 Å². The Morgan fingerprint density at radius 2 is 1.79 bits per heavy atom. The molecule has 0 bridgehead atoms. The molecule has 0 aliphatic rings. The number of benzene rings is 2. The second-order valence-corrected chi connectivity index (χ2v) is 8.38. The number of thioether (sulfide) groups is 1. The summed E-state index contributed by atoms with van der Waals surface area (Å²) in [6, 6.07) is 16.2. The first-order chi connectivity index (χ1) is 13.5. The summed E-state index contributed by atoms with van der Waals surface area (Å²) in [6.07, 6.45) is 0. The largest absolute Gasteiger partial charge is 0.482 e. The zero-order valence-corrected chi connectivity index (χ0v) is 17.9. The molecule has 1 heterocycles. The standard InChI is InChI=1S/C22H23NO3S2/c1-4-25-21(24)13-26-18-9-11-19(12-10-18)27-14-20-16(3)23-22(28-20)17-7-5-15(2)6-8-17/h5-12H,4,13-14H2,1-3H3. The number of rotatable bonds is 8. The molecule has 3 rings (SSSR count). The first kappa shape index (κ1) is 20.4. The van der Waals surface area contributed by atoms with E-state index in [1.807, 2.05) is 24.3 Å². The van der Waals surface area contributed by atoms with Gasteiger partial charge >= 0.3 is 5.97 Å². The Kier molecular flexibility index (Phi) is 7.12. The Bertz CT molecular complexity index is 918. The van der Waals surface area contributed by atoms with Crippen LogP contribution in [0, 0.1) is 13.8 Å². The van der Waals surface area contributed by atoms with Crippen LogP contribution in [0.4, 0.5) is 0 Å². The van der Waals surface area contributed by atoms with Crippen LogP contribution in [0.3, 0.4) is 0 Å². The van der Waals surface area contributed by atoms with Crippen LogP contribution in [0.2, 0.25) is 0 Å². The van der Waals surface area contributed by atoms with Gasteiger partial charge in [-0.15, -0.1) is 23.1 Å². The number of carbonyl (C=O) groups is 1. The summed E-state index contributed by atoms with van der Waals surface area (Å²) in [5, 5.41) is 1.07. The molecular weight excluding hydrogens is 390 g/mol. The molecule has 0 amide bonds. The quantitative estimate of drug-likeness (QED) is 0.352. The van der Waals surface area contributed by atoms with Gasteiger partial charge < -0.3 is 9.47 Å². The van der Waals surface area contributed by atoms with E-state index in [1.165, 1.54) is 10.4 Å². The van der Waals surface area contributed by atoms with E-state index in [2.05, 4.69) is 38.1 Å². The van der Waals surface area contributed by atoms with E-state index in [1.54, 1.807) is 30.0 Å². The van der Waals surface area contributed by atoms with Crippen molar-refractivity contribution in [2.24, 2.45) is 0 Å². The van der Waals surface area contributed by atoms with Gasteiger partial charge in [0.1, 0.15) is 10.8 Å². The average molecular weight is 414 g/mol. The molecule has 0 aliphatic heterocycles. The highest BCUT2D eigenvalue weighted by atomic mass is 32.2. The van der Waals surface area contributed by atoms with Crippen LogP contribution in [0.1, 0.15) is 23.1 Å². The van der Waals surface area contributed by atoms with Gasteiger partial charge in [0, 0.05) is 21.1 Å². The van der Waals surface area contributed by atoms with E-state index < -0.39 is 0 Å². The van der Waals surface area contributed by atoms with Crippen molar-refractivity contribution in [3.8, 4) is 16.3 Å². The molecule has 28 heavy (non-hydrogen) atoms. The molecule has 2 aromatic carbocycles. The maximum absolute atomic E-state index is 11.3. The lowest BCUT2D eigenvalue weighted by Gasteiger charge is -2.06. The molecule has 3 aromatic rings. The van der Waals surface area contributed by atoms with E-state index in [0.717, 1.165) is 26.9 Å². The molecule has 146 valence electrons. The van der Waals surface area contributed by atoms with Crippen molar-refractivity contribution in [2.45, 2.75) is 31.4 Å². The van der Waals surface area contributed by atoms with Crippen LogP contribution < -0.4 is 4.74 Å². The number of aryl methyl sites for hydroxylation is 2. The Balaban J connectivity index is 1.57. The number of aromatic nitrogens is 1. The molecule has 0 saturated carbocycles. The van der Waals surface area contributed by atoms with Gasteiger partial charge in [0.2, 0.25) is 0 Å². The molecule has 0 N–H and O–H groups in total. The van der Waals surface area contributed by atoms with E-state index in [0.29, 0.717) is 12.4 Å². The highest BCUT2D eigenvalue weighted by Crippen LogP contribution is 2.33. The average Bonchev–Trinajstić information content (AvgIpc) is 3.07. The number of hydrogen-bond donors (Lipinski definition) is 0. The van der Waals surface area contributed by atoms with Gasteiger partial charge in [-0.05, 0) is 45.0 Å². The lowest BCUT2D eigenvalue weighted by molar-refractivity contribution is -0.145. The third kappa shape index (κ3) is 5.59. The minimum atomic E-state index is -0.356. The Hall–Kier alpha value is -2.31. The molecule has 1 aromatic heterocycles. The van der Waals surface area contributed by atoms with Crippen LogP contribution in [0.25, 0.3) is 10.6 Å². The van der Waals surface area contributed by atoms with Gasteiger partial charge in [-0.25, -0.2) is 9.78 Å². The molecule has 0 aliphatic carbocycles. The fourth-order valence-corrected chi connectivity index (χ4v) is 4.62. The van der Waals surface area contributed by atoms with E-state index >= 15 is 0 Å². The number of ether oxygens (including phenoxy) is 2. The SMILES string of the molecule is CCOC(=O)COc1ccc(SCc2sc(-c3ccc(C)cc3)nc2C)cc1. The third-order valence-electron chi connectivity index (χ3n) is 4.05. The summed E-state index contributed by atoms with van der Waals surface area (Å²) in [7, 11) is 0. The minimum absolute atomic E-state index is 0.0673.